The monoisotopic (exact) mass is 139 g/mol. The van der Waals surface area contributed by atoms with Crippen molar-refractivity contribution < 1.29 is 13.2 Å². The number of nitrogens with one attached hydrogen (secondary N) is 1. The number of halogens is 3. The Morgan fingerprint density at radius 1 is 1.22 bits per heavy atom. The lowest BCUT2D eigenvalue weighted by molar-refractivity contribution is -0.184. The van der Waals surface area contributed by atoms with Gasteiger partial charge in [-0.25, -0.2) is 0 Å². The Bertz CT molecular complexity index is 114. The molecule has 0 heterocycles. The first-order valence-corrected chi connectivity index (χ1v) is 2.39. The van der Waals surface area contributed by atoms with Gasteiger partial charge in [-0.2, -0.15) is 13.2 Å². The van der Waals surface area contributed by atoms with E-state index in [-0.39, 0.29) is 0 Å². The van der Waals surface area contributed by atoms with E-state index in [4.69, 9.17) is 5.41 Å². The van der Waals surface area contributed by atoms with Crippen molar-refractivity contribution in [3.05, 3.63) is 0 Å². The van der Waals surface area contributed by atoms with Crippen molar-refractivity contribution in [3.8, 4) is 0 Å². The molecule has 0 aromatic rings. The Hall–Kier alpha value is -0.540. The third-order valence-corrected chi connectivity index (χ3v) is 1.09. The summed E-state index contributed by atoms with van der Waals surface area (Å²) in [4.78, 5) is 0. The summed E-state index contributed by atoms with van der Waals surface area (Å²) >= 11 is 0. The van der Waals surface area contributed by atoms with Gasteiger partial charge in [-0.3, -0.25) is 0 Å². The summed E-state index contributed by atoms with van der Waals surface area (Å²) in [6, 6.07) is 0. The number of hydrogen-bond acceptors (Lipinski definition) is 1. The highest BCUT2D eigenvalue weighted by atomic mass is 19.4. The van der Waals surface area contributed by atoms with Gasteiger partial charge in [0.05, 0.1) is 5.41 Å². The Balaban J connectivity index is 4.32. The van der Waals surface area contributed by atoms with Crippen LogP contribution in [-0.2, 0) is 0 Å². The standard InChI is InChI=1S/C5H8F3N/c1-4(2,3-9)5(6,7)8/h3,9H,1-2H3. The Kier molecular flexibility index (Phi) is 1.88. The molecular weight excluding hydrogens is 131 g/mol. The minimum Gasteiger partial charge on any atom is -0.312 e. The van der Waals surface area contributed by atoms with E-state index in [2.05, 4.69) is 0 Å². The van der Waals surface area contributed by atoms with E-state index in [0.717, 1.165) is 13.8 Å². The summed E-state index contributed by atoms with van der Waals surface area (Å²) in [5.41, 5.74) is -1.98. The molecule has 0 aromatic heterocycles. The number of alkyl halides is 3. The van der Waals surface area contributed by atoms with Crippen LogP contribution < -0.4 is 0 Å². The predicted molar refractivity (Wildman–Crippen MR) is 28.6 cm³/mol. The fourth-order valence-electron chi connectivity index (χ4n) is 0.0818. The molecule has 9 heavy (non-hydrogen) atoms. The summed E-state index contributed by atoms with van der Waals surface area (Å²) in [7, 11) is 0. The molecule has 0 amide bonds. The van der Waals surface area contributed by atoms with Gasteiger partial charge in [0.25, 0.3) is 0 Å². The lowest BCUT2D eigenvalue weighted by Crippen LogP contribution is -2.32. The predicted octanol–water partition coefficient (Wildman–Crippen LogP) is 2.22. The summed E-state index contributed by atoms with van der Waals surface area (Å²) in [6.07, 6.45) is -3.90. The molecule has 0 rings (SSSR count). The van der Waals surface area contributed by atoms with Gasteiger partial charge in [0.2, 0.25) is 0 Å². The molecule has 0 fully saturated rings. The van der Waals surface area contributed by atoms with E-state index >= 15 is 0 Å². The van der Waals surface area contributed by atoms with E-state index < -0.39 is 11.6 Å². The van der Waals surface area contributed by atoms with Gasteiger partial charge in [-0.15, -0.1) is 0 Å². The van der Waals surface area contributed by atoms with Crippen LogP contribution in [0.15, 0.2) is 0 Å². The topological polar surface area (TPSA) is 23.9 Å². The van der Waals surface area contributed by atoms with Gasteiger partial charge >= 0.3 is 6.18 Å². The second-order valence-electron chi connectivity index (χ2n) is 2.36. The highest BCUT2D eigenvalue weighted by Crippen LogP contribution is 2.35. The van der Waals surface area contributed by atoms with Crippen molar-refractivity contribution in [1.29, 1.82) is 5.41 Å². The molecule has 0 unspecified atom stereocenters. The second kappa shape index (κ2) is 2.01. The van der Waals surface area contributed by atoms with E-state index in [1.54, 1.807) is 0 Å². The molecular formula is C5H8F3N. The SMILES string of the molecule is CC(C)(C=N)C(F)(F)F. The van der Waals surface area contributed by atoms with Crippen LogP contribution in [0.1, 0.15) is 13.8 Å². The smallest absolute Gasteiger partial charge is 0.312 e. The average molecular weight is 139 g/mol. The Labute approximate surface area is 51.4 Å². The molecule has 0 atom stereocenters. The molecule has 0 aromatic carbocycles. The fourth-order valence-corrected chi connectivity index (χ4v) is 0.0818. The minimum atomic E-state index is -4.30. The van der Waals surface area contributed by atoms with E-state index in [0.29, 0.717) is 6.21 Å². The maximum atomic E-state index is 11.7. The van der Waals surface area contributed by atoms with E-state index in [1.165, 1.54) is 0 Å². The molecule has 1 nitrogen and oxygen atoms in total. The molecule has 0 radical (unpaired) electrons. The molecule has 0 saturated carbocycles. The highest BCUT2D eigenvalue weighted by Gasteiger charge is 2.45. The molecule has 0 spiro atoms. The van der Waals surface area contributed by atoms with Crippen LogP contribution in [0.25, 0.3) is 0 Å². The number of rotatable bonds is 1. The zero-order valence-electron chi connectivity index (χ0n) is 5.21. The lowest BCUT2D eigenvalue weighted by Gasteiger charge is -2.21. The first-order chi connectivity index (χ1) is 3.81. The zero-order chi connectivity index (χ0) is 7.71. The maximum absolute atomic E-state index is 11.7. The molecule has 0 bridgehead atoms. The molecule has 4 heteroatoms. The first-order valence-electron chi connectivity index (χ1n) is 2.39. The van der Waals surface area contributed by atoms with Crippen LogP contribution in [0.5, 0.6) is 0 Å². The third-order valence-electron chi connectivity index (χ3n) is 1.09. The molecule has 54 valence electrons. The quantitative estimate of drug-likeness (QED) is 0.538. The van der Waals surface area contributed by atoms with Crippen LogP contribution in [0.3, 0.4) is 0 Å². The molecule has 0 saturated heterocycles. The van der Waals surface area contributed by atoms with Crippen molar-refractivity contribution >= 4 is 6.21 Å². The van der Waals surface area contributed by atoms with Crippen molar-refractivity contribution in [2.45, 2.75) is 20.0 Å². The molecule has 1 N–H and O–H groups in total. The van der Waals surface area contributed by atoms with Gasteiger partial charge in [0.1, 0.15) is 0 Å². The first kappa shape index (κ1) is 8.46. The maximum Gasteiger partial charge on any atom is 0.398 e. The van der Waals surface area contributed by atoms with Crippen molar-refractivity contribution in [2.24, 2.45) is 5.41 Å². The third kappa shape index (κ3) is 1.69. The fraction of sp³-hybridized carbons (Fsp3) is 0.800. The summed E-state index contributed by atoms with van der Waals surface area (Å²) in [5.74, 6) is 0. The Morgan fingerprint density at radius 3 is 1.56 bits per heavy atom. The van der Waals surface area contributed by atoms with E-state index in [1.807, 2.05) is 0 Å². The van der Waals surface area contributed by atoms with Crippen LogP contribution in [0, 0.1) is 10.8 Å². The van der Waals surface area contributed by atoms with Gasteiger partial charge in [0, 0.05) is 6.21 Å². The summed E-state index contributed by atoms with van der Waals surface area (Å²) in [5, 5.41) is 6.42. The van der Waals surface area contributed by atoms with Gasteiger partial charge in [0.15, 0.2) is 0 Å². The van der Waals surface area contributed by atoms with Gasteiger partial charge < -0.3 is 5.41 Å². The Morgan fingerprint density at radius 2 is 1.56 bits per heavy atom. The second-order valence-corrected chi connectivity index (χ2v) is 2.36. The molecule has 0 aliphatic heterocycles. The highest BCUT2D eigenvalue weighted by molar-refractivity contribution is 5.62. The average Bonchev–Trinajstić information content (AvgIpc) is 1.64. The van der Waals surface area contributed by atoms with Gasteiger partial charge in [-0.05, 0) is 13.8 Å². The van der Waals surface area contributed by atoms with Crippen LogP contribution in [0.2, 0.25) is 0 Å². The summed E-state index contributed by atoms with van der Waals surface area (Å²) in [6.45, 7) is 1.92. The van der Waals surface area contributed by atoms with Crippen molar-refractivity contribution in [1.82, 2.24) is 0 Å². The zero-order valence-corrected chi connectivity index (χ0v) is 5.21. The number of hydrogen-bond donors (Lipinski definition) is 1. The molecule has 0 aliphatic carbocycles. The van der Waals surface area contributed by atoms with Crippen LogP contribution in [-0.4, -0.2) is 12.4 Å². The largest absolute Gasteiger partial charge is 0.398 e. The van der Waals surface area contributed by atoms with Gasteiger partial charge in [-0.1, -0.05) is 0 Å². The minimum absolute atomic E-state index is 0.396. The van der Waals surface area contributed by atoms with Crippen molar-refractivity contribution in [3.63, 3.8) is 0 Å². The normalized spacial score (nSPS) is 13.4. The summed E-state index contributed by atoms with van der Waals surface area (Å²) < 4.78 is 35.0. The van der Waals surface area contributed by atoms with Crippen LogP contribution in [0.4, 0.5) is 13.2 Å². The lowest BCUT2D eigenvalue weighted by atomic mass is 9.95. The molecule has 0 aliphatic rings. The van der Waals surface area contributed by atoms with Crippen LogP contribution >= 0.6 is 0 Å². The van der Waals surface area contributed by atoms with E-state index in [9.17, 15) is 13.2 Å². The van der Waals surface area contributed by atoms with Crippen molar-refractivity contribution in [2.75, 3.05) is 0 Å².